The highest BCUT2D eigenvalue weighted by Crippen LogP contribution is 2.32. The maximum Gasteiger partial charge on any atom is 0.335 e. The molecule has 1 rings (SSSR count). The SMILES string of the molecule is C=C[C@@H]1/C(=C/Br)C(=O)O[C@H]1CCCCC. The fourth-order valence-electron chi connectivity index (χ4n) is 1.85. The van der Waals surface area contributed by atoms with E-state index < -0.39 is 0 Å². The van der Waals surface area contributed by atoms with E-state index in [1.54, 1.807) is 11.1 Å². The van der Waals surface area contributed by atoms with Gasteiger partial charge in [0.2, 0.25) is 0 Å². The summed E-state index contributed by atoms with van der Waals surface area (Å²) in [4.78, 5) is 13.1. The lowest BCUT2D eigenvalue weighted by atomic mass is 9.94. The number of ether oxygens (including phenoxy) is 1. The van der Waals surface area contributed by atoms with E-state index in [-0.39, 0.29) is 18.0 Å². The molecule has 0 aromatic carbocycles. The first kappa shape index (κ1) is 12.5. The lowest BCUT2D eigenvalue weighted by molar-refractivity contribution is -0.139. The molecule has 1 fully saturated rings. The van der Waals surface area contributed by atoms with Gasteiger partial charge in [0.1, 0.15) is 6.10 Å². The molecule has 3 heteroatoms. The van der Waals surface area contributed by atoms with E-state index >= 15 is 0 Å². The van der Waals surface area contributed by atoms with Crippen molar-refractivity contribution in [3.05, 3.63) is 23.2 Å². The minimum Gasteiger partial charge on any atom is -0.458 e. The molecule has 0 aromatic rings. The highest BCUT2D eigenvalue weighted by molar-refractivity contribution is 9.11. The van der Waals surface area contributed by atoms with Crippen LogP contribution in [0.15, 0.2) is 23.2 Å². The van der Waals surface area contributed by atoms with Crippen LogP contribution in [0.1, 0.15) is 32.6 Å². The van der Waals surface area contributed by atoms with Gasteiger partial charge in [-0.05, 0) is 17.8 Å². The molecule has 0 bridgehead atoms. The van der Waals surface area contributed by atoms with E-state index in [2.05, 4.69) is 29.4 Å². The molecule has 0 spiro atoms. The first-order valence-electron chi connectivity index (χ1n) is 5.38. The molecule has 2 nitrogen and oxygen atoms in total. The molecule has 2 atom stereocenters. The molecular formula is C12H17BrO2. The van der Waals surface area contributed by atoms with Crippen molar-refractivity contribution >= 4 is 21.9 Å². The summed E-state index contributed by atoms with van der Waals surface area (Å²) in [6.45, 7) is 5.92. The number of halogens is 1. The molecule has 15 heavy (non-hydrogen) atoms. The second-order valence-corrected chi connectivity index (χ2v) is 4.22. The zero-order chi connectivity index (χ0) is 11.3. The summed E-state index contributed by atoms with van der Waals surface area (Å²) in [5.74, 6) is -0.160. The Morgan fingerprint density at radius 1 is 1.53 bits per heavy atom. The zero-order valence-electron chi connectivity index (χ0n) is 9.04. The summed E-state index contributed by atoms with van der Waals surface area (Å²) in [7, 11) is 0. The molecule has 1 aliphatic rings. The largest absolute Gasteiger partial charge is 0.458 e. The Hall–Kier alpha value is -0.570. The first-order chi connectivity index (χ1) is 7.24. The van der Waals surface area contributed by atoms with E-state index in [9.17, 15) is 4.79 Å². The van der Waals surface area contributed by atoms with Gasteiger partial charge < -0.3 is 4.74 Å². The van der Waals surface area contributed by atoms with Gasteiger partial charge in [-0.2, -0.15) is 0 Å². The fraction of sp³-hybridized carbons (Fsp3) is 0.583. The number of carbonyl (C=O) groups excluding carboxylic acids is 1. The topological polar surface area (TPSA) is 26.3 Å². The summed E-state index contributed by atoms with van der Waals surface area (Å²) in [6, 6.07) is 0. The van der Waals surface area contributed by atoms with Gasteiger partial charge in [0.15, 0.2) is 0 Å². The van der Waals surface area contributed by atoms with Gasteiger partial charge in [-0.1, -0.05) is 41.8 Å². The highest BCUT2D eigenvalue weighted by atomic mass is 79.9. The summed E-state index contributed by atoms with van der Waals surface area (Å²) in [6.07, 6.45) is 6.19. The molecule has 1 heterocycles. The second-order valence-electron chi connectivity index (χ2n) is 3.77. The number of carbonyl (C=O) groups is 1. The van der Waals surface area contributed by atoms with Crippen molar-refractivity contribution in [2.75, 3.05) is 0 Å². The maximum atomic E-state index is 11.4. The van der Waals surface area contributed by atoms with Gasteiger partial charge in [0.25, 0.3) is 0 Å². The first-order valence-corrected chi connectivity index (χ1v) is 6.30. The predicted molar refractivity (Wildman–Crippen MR) is 64.7 cm³/mol. The minimum absolute atomic E-state index is 0.00894. The van der Waals surface area contributed by atoms with E-state index in [4.69, 9.17) is 4.74 Å². The maximum absolute atomic E-state index is 11.4. The van der Waals surface area contributed by atoms with Crippen LogP contribution >= 0.6 is 15.9 Å². The van der Waals surface area contributed by atoms with Crippen LogP contribution in [0.4, 0.5) is 0 Å². The highest BCUT2D eigenvalue weighted by Gasteiger charge is 2.36. The quantitative estimate of drug-likeness (QED) is 0.331. The van der Waals surface area contributed by atoms with Crippen LogP contribution in [0.5, 0.6) is 0 Å². The van der Waals surface area contributed by atoms with E-state index in [0.717, 1.165) is 12.8 Å². The average Bonchev–Trinajstić information content (AvgIpc) is 2.54. The van der Waals surface area contributed by atoms with Crippen molar-refractivity contribution in [2.45, 2.75) is 38.7 Å². The Balaban J connectivity index is 2.59. The summed E-state index contributed by atoms with van der Waals surface area (Å²) in [5.41, 5.74) is 0.687. The Bertz CT molecular complexity index is 271. The molecule has 0 aromatic heterocycles. The van der Waals surface area contributed by atoms with E-state index in [0.29, 0.717) is 5.57 Å². The molecule has 1 aliphatic heterocycles. The van der Waals surface area contributed by atoms with Crippen molar-refractivity contribution in [3.63, 3.8) is 0 Å². The molecule has 0 radical (unpaired) electrons. The Morgan fingerprint density at radius 3 is 2.80 bits per heavy atom. The Kier molecular flexibility index (Phi) is 5.09. The monoisotopic (exact) mass is 272 g/mol. The van der Waals surface area contributed by atoms with E-state index in [1.165, 1.54) is 12.8 Å². The molecule has 0 saturated carbocycles. The van der Waals surface area contributed by atoms with Gasteiger partial charge in [-0.25, -0.2) is 4.79 Å². The summed E-state index contributed by atoms with van der Waals surface area (Å²) in [5, 5.41) is 0. The molecule has 0 N–H and O–H groups in total. The number of unbranched alkanes of at least 4 members (excludes halogenated alkanes) is 2. The molecule has 0 amide bonds. The van der Waals surface area contributed by atoms with Crippen LogP contribution in [0.2, 0.25) is 0 Å². The van der Waals surface area contributed by atoms with Gasteiger partial charge in [-0.15, -0.1) is 6.58 Å². The van der Waals surface area contributed by atoms with Crippen LogP contribution in [0.3, 0.4) is 0 Å². The molecule has 0 unspecified atom stereocenters. The predicted octanol–water partition coefficient (Wildman–Crippen LogP) is 3.57. The Morgan fingerprint density at radius 2 is 2.27 bits per heavy atom. The van der Waals surface area contributed by atoms with E-state index in [1.807, 2.05) is 0 Å². The molecule has 84 valence electrons. The van der Waals surface area contributed by atoms with Gasteiger partial charge in [-0.3, -0.25) is 0 Å². The molecular weight excluding hydrogens is 256 g/mol. The van der Waals surface area contributed by atoms with Gasteiger partial charge in [0, 0.05) is 5.92 Å². The van der Waals surface area contributed by atoms with Crippen LogP contribution in [0.25, 0.3) is 0 Å². The third kappa shape index (κ3) is 2.94. The van der Waals surface area contributed by atoms with Crippen molar-refractivity contribution in [2.24, 2.45) is 5.92 Å². The summed E-state index contributed by atoms with van der Waals surface area (Å²) < 4.78 is 5.31. The zero-order valence-corrected chi connectivity index (χ0v) is 10.6. The van der Waals surface area contributed by atoms with Gasteiger partial charge in [0.05, 0.1) is 5.57 Å². The van der Waals surface area contributed by atoms with Crippen LogP contribution in [-0.4, -0.2) is 12.1 Å². The Labute approximate surface area is 99.5 Å². The fourth-order valence-corrected chi connectivity index (χ4v) is 2.34. The lowest BCUT2D eigenvalue weighted by Gasteiger charge is -2.13. The summed E-state index contributed by atoms with van der Waals surface area (Å²) >= 11 is 3.20. The lowest BCUT2D eigenvalue weighted by Crippen LogP contribution is -2.14. The second kappa shape index (κ2) is 6.11. The van der Waals surface area contributed by atoms with Gasteiger partial charge >= 0.3 is 5.97 Å². The number of rotatable bonds is 5. The standard InChI is InChI=1S/C12H17BrO2/c1-3-5-6-7-11-9(4-2)10(8-13)12(14)15-11/h4,8-9,11H,2-3,5-7H2,1H3/b10-8-/t9-,11+/m1/s1. The smallest absolute Gasteiger partial charge is 0.335 e. The normalized spacial score (nSPS) is 28.1. The molecule has 1 saturated heterocycles. The van der Waals surface area contributed by atoms with Crippen LogP contribution in [0, 0.1) is 5.92 Å². The average molecular weight is 273 g/mol. The third-order valence-electron chi connectivity index (χ3n) is 2.72. The minimum atomic E-state index is -0.210. The van der Waals surface area contributed by atoms with Crippen molar-refractivity contribution in [1.29, 1.82) is 0 Å². The van der Waals surface area contributed by atoms with Crippen LogP contribution in [-0.2, 0) is 9.53 Å². The van der Waals surface area contributed by atoms with Crippen LogP contribution < -0.4 is 0 Å². The van der Waals surface area contributed by atoms with Crippen molar-refractivity contribution in [3.8, 4) is 0 Å². The number of hydrogen-bond acceptors (Lipinski definition) is 2. The third-order valence-corrected chi connectivity index (χ3v) is 3.21. The van der Waals surface area contributed by atoms with Crippen molar-refractivity contribution in [1.82, 2.24) is 0 Å². The van der Waals surface area contributed by atoms with Crippen molar-refractivity contribution < 1.29 is 9.53 Å². The molecule has 0 aliphatic carbocycles. The number of hydrogen-bond donors (Lipinski definition) is 0. The number of esters is 1. The number of cyclic esters (lactones) is 1.